The van der Waals surface area contributed by atoms with E-state index in [0.29, 0.717) is 19.6 Å². The third kappa shape index (κ3) is 4.76. The lowest BCUT2D eigenvalue weighted by atomic mass is 10.0. The van der Waals surface area contributed by atoms with Gasteiger partial charge in [-0.3, -0.25) is 4.79 Å². The van der Waals surface area contributed by atoms with Gasteiger partial charge in [0.15, 0.2) is 0 Å². The number of ether oxygens (including phenoxy) is 1. The Bertz CT molecular complexity index is 645. The number of para-hydroxylation sites is 1. The summed E-state index contributed by atoms with van der Waals surface area (Å²) in [4.78, 5) is 14.3. The fourth-order valence-corrected chi connectivity index (χ4v) is 3.58. The second-order valence-electron chi connectivity index (χ2n) is 5.72. The smallest absolute Gasteiger partial charge is 0.242 e. The van der Waals surface area contributed by atoms with Gasteiger partial charge in [0.1, 0.15) is 0 Å². The number of hydrogen-bond donors (Lipinski definition) is 0. The van der Waals surface area contributed by atoms with Crippen LogP contribution in [0.2, 0.25) is 0 Å². The number of anilines is 1. The molecule has 0 radical (unpaired) electrons. The number of benzene rings is 1. The van der Waals surface area contributed by atoms with E-state index in [1.807, 2.05) is 24.3 Å². The van der Waals surface area contributed by atoms with E-state index >= 15 is 0 Å². The van der Waals surface area contributed by atoms with Crippen molar-refractivity contribution < 1.29 is 17.9 Å². The average Bonchev–Trinajstić information content (AvgIpc) is 2.52. The molecule has 6 nitrogen and oxygen atoms in total. The summed E-state index contributed by atoms with van der Waals surface area (Å²) in [6.07, 6.45) is 3.54. The first-order valence-electron chi connectivity index (χ1n) is 7.76. The predicted molar refractivity (Wildman–Crippen MR) is 90.0 cm³/mol. The highest BCUT2D eigenvalue weighted by molar-refractivity contribution is 7.88. The summed E-state index contributed by atoms with van der Waals surface area (Å²) in [5.41, 5.74) is 2.03. The fourth-order valence-electron chi connectivity index (χ4n) is 2.78. The molecule has 1 aliphatic rings. The van der Waals surface area contributed by atoms with Gasteiger partial charge in [0.25, 0.3) is 0 Å². The van der Waals surface area contributed by atoms with Gasteiger partial charge in [0.2, 0.25) is 15.9 Å². The minimum atomic E-state index is -3.43. The van der Waals surface area contributed by atoms with Crippen LogP contribution >= 0.6 is 0 Å². The monoisotopic (exact) mass is 340 g/mol. The van der Waals surface area contributed by atoms with Crippen LogP contribution in [0.25, 0.3) is 0 Å². The van der Waals surface area contributed by atoms with Crippen LogP contribution < -0.4 is 4.90 Å². The van der Waals surface area contributed by atoms with E-state index in [4.69, 9.17) is 4.74 Å². The Balaban J connectivity index is 2.10. The van der Waals surface area contributed by atoms with Crippen molar-refractivity contribution in [3.8, 4) is 0 Å². The third-order valence-corrected chi connectivity index (χ3v) is 5.20. The highest BCUT2D eigenvalue weighted by Crippen LogP contribution is 2.26. The topological polar surface area (TPSA) is 66.9 Å². The van der Waals surface area contributed by atoms with Crippen molar-refractivity contribution in [3.63, 3.8) is 0 Å². The van der Waals surface area contributed by atoms with Crippen molar-refractivity contribution in [3.05, 3.63) is 29.8 Å². The van der Waals surface area contributed by atoms with E-state index in [0.717, 1.165) is 30.3 Å². The van der Waals surface area contributed by atoms with Gasteiger partial charge in [-0.25, -0.2) is 8.42 Å². The quantitative estimate of drug-likeness (QED) is 0.701. The van der Waals surface area contributed by atoms with Gasteiger partial charge in [-0.1, -0.05) is 18.2 Å². The lowest BCUT2D eigenvalue weighted by Gasteiger charge is -2.31. The fraction of sp³-hybridized carbons (Fsp3) is 0.562. The number of rotatable bonds is 7. The minimum Gasteiger partial charge on any atom is -0.385 e. The lowest BCUT2D eigenvalue weighted by Crippen LogP contribution is -2.44. The number of amides is 1. The molecule has 0 fully saturated rings. The van der Waals surface area contributed by atoms with Crippen molar-refractivity contribution in [2.75, 3.05) is 44.5 Å². The summed E-state index contributed by atoms with van der Waals surface area (Å²) in [6.45, 7) is 1.25. The molecule has 2 rings (SSSR count). The molecular formula is C16H24N2O4S. The summed E-state index contributed by atoms with van der Waals surface area (Å²) >= 11 is 0. The Kier molecular flexibility index (Phi) is 6.15. The Labute approximate surface area is 138 Å². The molecule has 1 aromatic rings. The normalized spacial score (nSPS) is 14.8. The molecule has 1 aliphatic heterocycles. The Morgan fingerprint density at radius 3 is 2.78 bits per heavy atom. The number of carbonyl (C=O) groups is 1. The highest BCUT2D eigenvalue weighted by Gasteiger charge is 2.26. The van der Waals surface area contributed by atoms with Crippen LogP contribution in [-0.4, -0.2) is 58.2 Å². The summed E-state index contributed by atoms with van der Waals surface area (Å²) in [5, 5.41) is 0. The van der Waals surface area contributed by atoms with Crippen molar-refractivity contribution in [2.24, 2.45) is 0 Å². The van der Waals surface area contributed by atoms with Gasteiger partial charge in [-0.2, -0.15) is 4.31 Å². The molecule has 1 aromatic carbocycles. The first-order chi connectivity index (χ1) is 10.9. The number of fused-ring (bicyclic) bond motifs is 1. The van der Waals surface area contributed by atoms with E-state index in [1.54, 1.807) is 12.0 Å². The van der Waals surface area contributed by atoms with Crippen LogP contribution in [0.3, 0.4) is 0 Å². The predicted octanol–water partition coefficient (Wildman–Crippen LogP) is 1.26. The van der Waals surface area contributed by atoms with Gasteiger partial charge in [-0.05, 0) is 30.9 Å². The van der Waals surface area contributed by atoms with Gasteiger partial charge < -0.3 is 9.64 Å². The summed E-state index contributed by atoms with van der Waals surface area (Å²) in [5.74, 6) is -0.181. The highest BCUT2D eigenvalue weighted by atomic mass is 32.2. The molecule has 0 spiro atoms. The minimum absolute atomic E-state index is 0.128. The molecule has 23 heavy (non-hydrogen) atoms. The standard InChI is InChI=1S/C16H24N2O4S/c1-22-12-6-10-17(23(2,20)21)13-16(19)18-11-5-8-14-7-3-4-9-15(14)18/h3-4,7,9H,5-6,8,10-13H2,1-2H3. The van der Waals surface area contributed by atoms with Gasteiger partial charge >= 0.3 is 0 Å². The number of methoxy groups -OCH3 is 1. The van der Waals surface area contributed by atoms with Crippen LogP contribution in [0.4, 0.5) is 5.69 Å². The first kappa shape index (κ1) is 17.9. The molecular weight excluding hydrogens is 316 g/mol. The largest absolute Gasteiger partial charge is 0.385 e. The van der Waals surface area contributed by atoms with Crippen molar-refractivity contribution in [2.45, 2.75) is 19.3 Å². The van der Waals surface area contributed by atoms with E-state index in [1.165, 1.54) is 4.31 Å². The number of carbonyl (C=O) groups excluding carboxylic acids is 1. The van der Waals surface area contributed by atoms with E-state index in [-0.39, 0.29) is 19.0 Å². The second kappa shape index (κ2) is 7.90. The summed E-state index contributed by atoms with van der Waals surface area (Å²) < 4.78 is 30.0. The molecule has 7 heteroatoms. The van der Waals surface area contributed by atoms with Crippen molar-refractivity contribution in [1.82, 2.24) is 4.31 Å². The van der Waals surface area contributed by atoms with Crippen molar-refractivity contribution in [1.29, 1.82) is 0 Å². The van der Waals surface area contributed by atoms with Crippen LogP contribution in [0.1, 0.15) is 18.4 Å². The zero-order valence-corrected chi connectivity index (χ0v) is 14.5. The second-order valence-corrected chi connectivity index (χ2v) is 7.70. The molecule has 128 valence electrons. The van der Waals surface area contributed by atoms with Gasteiger partial charge in [0, 0.05) is 32.5 Å². The number of hydrogen-bond acceptors (Lipinski definition) is 4. The molecule has 0 atom stereocenters. The van der Waals surface area contributed by atoms with Crippen LogP contribution in [-0.2, 0) is 26.0 Å². The molecule has 0 N–H and O–H groups in total. The van der Waals surface area contributed by atoms with Crippen LogP contribution in [0.5, 0.6) is 0 Å². The Morgan fingerprint density at radius 2 is 2.09 bits per heavy atom. The van der Waals surface area contributed by atoms with Gasteiger partial charge in [-0.15, -0.1) is 0 Å². The van der Waals surface area contributed by atoms with E-state index < -0.39 is 10.0 Å². The van der Waals surface area contributed by atoms with E-state index in [9.17, 15) is 13.2 Å². The molecule has 0 aromatic heterocycles. The SMILES string of the molecule is COCCCN(CC(=O)N1CCCc2ccccc21)S(C)(=O)=O. The molecule has 0 bridgehead atoms. The molecule has 1 amide bonds. The van der Waals surface area contributed by atoms with E-state index in [2.05, 4.69) is 0 Å². The number of nitrogens with zero attached hydrogens (tertiary/aromatic N) is 2. The molecule has 1 heterocycles. The Hall–Kier alpha value is -1.44. The number of sulfonamides is 1. The molecule has 0 saturated carbocycles. The zero-order chi connectivity index (χ0) is 16.9. The van der Waals surface area contributed by atoms with Crippen molar-refractivity contribution >= 4 is 21.6 Å². The Morgan fingerprint density at radius 1 is 1.35 bits per heavy atom. The lowest BCUT2D eigenvalue weighted by molar-refractivity contribution is -0.118. The van der Waals surface area contributed by atoms with Crippen LogP contribution in [0.15, 0.2) is 24.3 Å². The average molecular weight is 340 g/mol. The molecule has 0 unspecified atom stereocenters. The summed E-state index contributed by atoms with van der Waals surface area (Å²) in [6, 6.07) is 7.79. The van der Waals surface area contributed by atoms with Gasteiger partial charge in [0.05, 0.1) is 12.8 Å². The maximum Gasteiger partial charge on any atom is 0.242 e. The zero-order valence-electron chi connectivity index (χ0n) is 13.7. The first-order valence-corrected chi connectivity index (χ1v) is 9.60. The molecule has 0 aliphatic carbocycles. The maximum atomic E-state index is 12.6. The summed E-state index contributed by atoms with van der Waals surface area (Å²) in [7, 11) is -1.86. The maximum absolute atomic E-state index is 12.6. The number of aryl methyl sites for hydroxylation is 1. The van der Waals surface area contributed by atoms with Crippen LogP contribution in [0, 0.1) is 0 Å². The molecule has 0 saturated heterocycles. The third-order valence-electron chi connectivity index (χ3n) is 3.95.